The maximum atomic E-state index is 12.1. The Morgan fingerprint density at radius 3 is 2.75 bits per heavy atom. The molecule has 1 rings (SSSR count). The molecule has 1 amide bonds. The molecule has 0 saturated carbocycles. The molecule has 0 atom stereocenters. The highest BCUT2D eigenvalue weighted by molar-refractivity contribution is 7.91. The molecular weight excluding hydrogens is 308 g/mol. The van der Waals surface area contributed by atoms with E-state index in [1.165, 1.54) is 14.0 Å². The van der Waals surface area contributed by atoms with Crippen molar-refractivity contribution in [2.75, 3.05) is 18.9 Å². The molecule has 0 spiro atoms. The molecular formula is C8H14N6O4S2. The van der Waals surface area contributed by atoms with E-state index in [1.54, 1.807) is 0 Å². The van der Waals surface area contributed by atoms with Crippen molar-refractivity contribution in [3.05, 3.63) is 0 Å². The minimum atomic E-state index is -3.82. The predicted molar refractivity (Wildman–Crippen MR) is 72.1 cm³/mol. The highest BCUT2D eigenvalue weighted by Gasteiger charge is 2.25. The summed E-state index contributed by atoms with van der Waals surface area (Å²) in [5.41, 5.74) is 5.27. The Morgan fingerprint density at radius 2 is 2.20 bits per heavy atom. The minimum absolute atomic E-state index is 0.0211. The summed E-state index contributed by atoms with van der Waals surface area (Å²) in [6.07, 6.45) is 0.0730. The fourth-order valence-corrected chi connectivity index (χ4v) is 3.40. The average Bonchev–Trinajstić information content (AvgIpc) is 2.83. The molecule has 0 aliphatic heterocycles. The highest BCUT2D eigenvalue weighted by Crippen LogP contribution is 2.22. The first-order valence-corrected chi connectivity index (χ1v) is 7.57. The molecule has 1 aromatic heterocycles. The second-order valence-corrected chi connectivity index (χ2v) is 6.92. The molecule has 112 valence electrons. The van der Waals surface area contributed by atoms with Gasteiger partial charge in [-0.25, -0.2) is 8.42 Å². The van der Waals surface area contributed by atoms with E-state index >= 15 is 0 Å². The number of nitrogens with two attached hydrogens (primary N) is 1. The third kappa shape index (κ3) is 4.11. The third-order valence-electron chi connectivity index (χ3n) is 2.13. The van der Waals surface area contributed by atoms with Gasteiger partial charge in [0.1, 0.15) is 5.84 Å². The Bertz CT molecular complexity index is 610. The van der Waals surface area contributed by atoms with Crippen LogP contribution in [0.3, 0.4) is 0 Å². The van der Waals surface area contributed by atoms with Gasteiger partial charge in [-0.1, -0.05) is 16.5 Å². The largest absolute Gasteiger partial charge is 0.409 e. The summed E-state index contributed by atoms with van der Waals surface area (Å²) in [5, 5.41) is 20.7. The molecule has 1 heterocycles. The second kappa shape index (κ2) is 6.58. The van der Waals surface area contributed by atoms with Gasteiger partial charge in [-0.05, 0) is 0 Å². The Balaban J connectivity index is 2.82. The Morgan fingerprint density at radius 1 is 1.55 bits per heavy atom. The zero-order valence-electron chi connectivity index (χ0n) is 10.8. The number of anilines is 1. The number of amidine groups is 1. The molecule has 0 unspecified atom stereocenters. The molecule has 1 aromatic rings. The maximum absolute atomic E-state index is 12.1. The standard InChI is InChI=1S/C8H14N6O4S2/c1-5(15)10-7-11-12-8(19-7)20(17,18)14(2)4-3-6(9)13-16/h16H,3-4H2,1-2H3,(H2,9,13)(H,10,11,15). The number of amides is 1. The zero-order chi connectivity index (χ0) is 15.3. The smallest absolute Gasteiger partial charge is 0.272 e. The van der Waals surface area contributed by atoms with Gasteiger partial charge in [-0.2, -0.15) is 4.31 Å². The van der Waals surface area contributed by atoms with E-state index in [0.717, 1.165) is 15.6 Å². The first kappa shape index (κ1) is 16.3. The molecule has 0 aromatic carbocycles. The predicted octanol–water partition coefficient (Wildman–Crippen LogP) is -0.746. The van der Waals surface area contributed by atoms with Crippen LogP contribution in [0.15, 0.2) is 9.50 Å². The molecule has 4 N–H and O–H groups in total. The molecule has 12 heteroatoms. The van der Waals surface area contributed by atoms with Crippen LogP contribution >= 0.6 is 11.3 Å². The number of aromatic nitrogens is 2. The number of hydrogen-bond donors (Lipinski definition) is 3. The molecule has 0 aliphatic carbocycles. The van der Waals surface area contributed by atoms with E-state index < -0.39 is 10.0 Å². The number of nitrogens with zero attached hydrogens (tertiary/aromatic N) is 4. The molecule has 0 saturated heterocycles. The normalized spacial score (nSPS) is 12.7. The fourth-order valence-electron chi connectivity index (χ4n) is 1.09. The van der Waals surface area contributed by atoms with Gasteiger partial charge >= 0.3 is 0 Å². The van der Waals surface area contributed by atoms with E-state index in [9.17, 15) is 13.2 Å². The van der Waals surface area contributed by atoms with Crippen molar-refractivity contribution in [1.29, 1.82) is 0 Å². The van der Waals surface area contributed by atoms with Crippen LogP contribution in [0, 0.1) is 0 Å². The molecule has 0 radical (unpaired) electrons. The number of carbonyl (C=O) groups excluding carboxylic acids is 1. The fraction of sp³-hybridized carbons (Fsp3) is 0.500. The van der Waals surface area contributed by atoms with Crippen LogP contribution in [0.5, 0.6) is 0 Å². The van der Waals surface area contributed by atoms with Gasteiger partial charge in [0.05, 0.1) is 0 Å². The van der Waals surface area contributed by atoms with Gasteiger partial charge in [0.15, 0.2) is 0 Å². The topological polar surface area (TPSA) is 151 Å². The van der Waals surface area contributed by atoms with Gasteiger partial charge in [-0.3, -0.25) is 4.79 Å². The van der Waals surface area contributed by atoms with Crippen LogP contribution in [0.2, 0.25) is 0 Å². The second-order valence-electron chi connectivity index (χ2n) is 3.72. The molecule has 0 fully saturated rings. The summed E-state index contributed by atoms with van der Waals surface area (Å²) in [5.74, 6) is -0.450. The first-order valence-electron chi connectivity index (χ1n) is 5.31. The molecule has 20 heavy (non-hydrogen) atoms. The van der Waals surface area contributed by atoms with Gasteiger partial charge in [0, 0.05) is 26.9 Å². The summed E-state index contributed by atoms with van der Waals surface area (Å²) in [4.78, 5) is 10.8. The number of hydrogen-bond acceptors (Lipinski definition) is 8. The van der Waals surface area contributed by atoms with Crippen LogP contribution in [0.4, 0.5) is 5.13 Å². The summed E-state index contributed by atoms with van der Waals surface area (Å²) in [6, 6.07) is 0. The van der Waals surface area contributed by atoms with Crippen LogP contribution in [-0.2, 0) is 14.8 Å². The minimum Gasteiger partial charge on any atom is -0.409 e. The van der Waals surface area contributed by atoms with Crippen molar-refractivity contribution < 1.29 is 18.4 Å². The van der Waals surface area contributed by atoms with Gasteiger partial charge in [-0.15, -0.1) is 10.2 Å². The molecule has 0 aliphatic rings. The lowest BCUT2D eigenvalue weighted by Crippen LogP contribution is -2.30. The summed E-state index contributed by atoms with van der Waals surface area (Å²) >= 11 is 0.742. The van der Waals surface area contributed by atoms with Crippen LogP contribution in [0.25, 0.3) is 0 Å². The van der Waals surface area contributed by atoms with E-state index in [4.69, 9.17) is 10.9 Å². The quantitative estimate of drug-likeness (QED) is 0.205. The van der Waals surface area contributed by atoms with Gasteiger partial charge in [0.25, 0.3) is 10.0 Å². The van der Waals surface area contributed by atoms with E-state index in [-0.39, 0.29) is 34.2 Å². The summed E-state index contributed by atoms with van der Waals surface area (Å²) in [7, 11) is -2.49. The van der Waals surface area contributed by atoms with Crippen molar-refractivity contribution >= 4 is 38.2 Å². The van der Waals surface area contributed by atoms with Crippen molar-refractivity contribution in [2.24, 2.45) is 10.9 Å². The number of rotatable bonds is 6. The van der Waals surface area contributed by atoms with Crippen molar-refractivity contribution in [3.63, 3.8) is 0 Å². The summed E-state index contributed by atoms with van der Waals surface area (Å²) in [6.45, 7) is 1.30. The lowest BCUT2D eigenvalue weighted by atomic mass is 10.4. The third-order valence-corrected chi connectivity index (χ3v) is 5.17. The number of oxime groups is 1. The molecule has 10 nitrogen and oxygen atoms in total. The first-order chi connectivity index (χ1) is 9.27. The Labute approximate surface area is 119 Å². The van der Waals surface area contributed by atoms with Gasteiger partial charge < -0.3 is 16.3 Å². The lowest BCUT2D eigenvalue weighted by molar-refractivity contribution is -0.114. The summed E-state index contributed by atoms with van der Waals surface area (Å²) < 4.78 is 25.0. The number of nitrogens with one attached hydrogen (secondary N) is 1. The van der Waals surface area contributed by atoms with E-state index in [2.05, 4.69) is 20.7 Å². The highest BCUT2D eigenvalue weighted by atomic mass is 32.2. The van der Waals surface area contributed by atoms with Crippen LogP contribution < -0.4 is 11.1 Å². The molecule has 0 bridgehead atoms. The van der Waals surface area contributed by atoms with Gasteiger partial charge in [0.2, 0.25) is 15.4 Å². The van der Waals surface area contributed by atoms with Crippen molar-refractivity contribution in [3.8, 4) is 0 Å². The number of carbonyl (C=O) groups is 1. The Hall–Kier alpha value is -1.79. The van der Waals surface area contributed by atoms with E-state index in [1.807, 2.05) is 0 Å². The maximum Gasteiger partial charge on any atom is 0.272 e. The van der Waals surface area contributed by atoms with Crippen molar-refractivity contribution in [2.45, 2.75) is 17.7 Å². The SMILES string of the molecule is CC(=O)Nc1nnc(S(=O)(=O)N(C)CCC(N)=NO)s1. The van der Waals surface area contributed by atoms with Crippen molar-refractivity contribution in [1.82, 2.24) is 14.5 Å². The Kier molecular flexibility index (Phi) is 5.35. The van der Waals surface area contributed by atoms with Crippen LogP contribution in [-0.4, -0.2) is 53.5 Å². The zero-order valence-corrected chi connectivity index (χ0v) is 12.4. The average molecular weight is 322 g/mol. The lowest BCUT2D eigenvalue weighted by Gasteiger charge is -2.13. The monoisotopic (exact) mass is 322 g/mol. The van der Waals surface area contributed by atoms with E-state index in [0.29, 0.717) is 0 Å². The number of sulfonamides is 1. The van der Waals surface area contributed by atoms with Crippen LogP contribution in [0.1, 0.15) is 13.3 Å².